The van der Waals surface area contributed by atoms with E-state index in [1.165, 1.54) is 19.5 Å². The number of aromatic nitrogens is 3. The Kier molecular flexibility index (Phi) is 3.47. The van der Waals surface area contributed by atoms with Crippen LogP contribution in [0.2, 0.25) is 0 Å². The van der Waals surface area contributed by atoms with E-state index in [0.717, 1.165) is 5.69 Å². The zero-order valence-electron chi connectivity index (χ0n) is 10.0. The van der Waals surface area contributed by atoms with E-state index in [1.807, 2.05) is 0 Å². The van der Waals surface area contributed by atoms with Crippen molar-refractivity contribution >= 4 is 11.6 Å². The summed E-state index contributed by atoms with van der Waals surface area (Å²) in [5.41, 5.74) is 1.49. The lowest BCUT2D eigenvalue weighted by Gasteiger charge is -2.07. The molecule has 0 unspecified atom stereocenters. The molecule has 0 bridgehead atoms. The standard InChI is InChI=1S/C12H12N4O2/c1-8-6-15-10(7-14-8)11(17)16-9-4-3-5-13-12(9)18-2/h3-7H,1-2H3,(H,16,17). The van der Waals surface area contributed by atoms with Crippen molar-refractivity contribution in [3.8, 4) is 5.88 Å². The van der Waals surface area contributed by atoms with Gasteiger partial charge in [-0.3, -0.25) is 9.78 Å². The Morgan fingerprint density at radius 1 is 1.28 bits per heavy atom. The lowest BCUT2D eigenvalue weighted by molar-refractivity contribution is 0.102. The number of carbonyl (C=O) groups excluding carboxylic acids is 1. The monoisotopic (exact) mass is 244 g/mol. The van der Waals surface area contributed by atoms with Crippen molar-refractivity contribution in [1.29, 1.82) is 0 Å². The fourth-order valence-corrected chi connectivity index (χ4v) is 1.34. The third-order valence-corrected chi connectivity index (χ3v) is 2.23. The van der Waals surface area contributed by atoms with Crippen LogP contribution in [0, 0.1) is 6.92 Å². The van der Waals surface area contributed by atoms with Crippen LogP contribution in [-0.4, -0.2) is 28.0 Å². The van der Waals surface area contributed by atoms with E-state index >= 15 is 0 Å². The molecular formula is C12H12N4O2. The van der Waals surface area contributed by atoms with Crippen LogP contribution in [0.15, 0.2) is 30.7 Å². The van der Waals surface area contributed by atoms with Crippen molar-refractivity contribution in [3.05, 3.63) is 42.1 Å². The fourth-order valence-electron chi connectivity index (χ4n) is 1.34. The molecule has 0 saturated heterocycles. The maximum atomic E-state index is 11.9. The highest BCUT2D eigenvalue weighted by Crippen LogP contribution is 2.20. The summed E-state index contributed by atoms with van der Waals surface area (Å²) >= 11 is 0. The molecule has 2 rings (SSSR count). The number of nitrogens with zero attached hydrogens (tertiary/aromatic N) is 3. The van der Waals surface area contributed by atoms with Gasteiger partial charge in [-0.1, -0.05) is 0 Å². The van der Waals surface area contributed by atoms with Crippen LogP contribution >= 0.6 is 0 Å². The molecule has 18 heavy (non-hydrogen) atoms. The van der Waals surface area contributed by atoms with Gasteiger partial charge in [0.2, 0.25) is 5.88 Å². The highest BCUT2D eigenvalue weighted by Gasteiger charge is 2.11. The topological polar surface area (TPSA) is 77.0 Å². The number of hydrogen-bond acceptors (Lipinski definition) is 5. The summed E-state index contributed by atoms with van der Waals surface area (Å²) in [7, 11) is 1.49. The Hall–Kier alpha value is -2.50. The molecule has 0 aromatic carbocycles. The molecule has 0 aliphatic rings. The zero-order valence-corrected chi connectivity index (χ0v) is 10.0. The highest BCUT2D eigenvalue weighted by molar-refractivity contribution is 6.03. The SMILES string of the molecule is COc1ncccc1NC(=O)c1cnc(C)cn1. The number of pyridine rings is 1. The molecule has 1 amide bonds. The van der Waals surface area contributed by atoms with E-state index in [0.29, 0.717) is 11.6 Å². The van der Waals surface area contributed by atoms with Crippen molar-refractivity contribution in [2.24, 2.45) is 0 Å². The molecule has 0 radical (unpaired) electrons. The van der Waals surface area contributed by atoms with Gasteiger partial charge in [0.05, 0.1) is 19.0 Å². The molecule has 0 saturated carbocycles. The maximum absolute atomic E-state index is 11.9. The van der Waals surface area contributed by atoms with E-state index < -0.39 is 0 Å². The molecule has 1 N–H and O–H groups in total. The number of rotatable bonds is 3. The predicted molar refractivity (Wildman–Crippen MR) is 65.5 cm³/mol. The van der Waals surface area contributed by atoms with Crippen LogP contribution in [-0.2, 0) is 0 Å². The average Bonchev–Trinajstić information content (AvgIpc) is 2.40. The Morgan fingerprint density at radius 2 is 2.11 bits per heavy atom. The van der Waals surface area contributed by atoms with Crippen molar-refractivity contribution in [2.45, 2.75) is 6.92 Å². The number of ether oxygens (including phenoxy) is 1. The first kappa shape index (κ1) is 12.0. The number of methoxy groups -OCH3 is 1. The van der Waals surface area contributed by atoms with Crippen LogP contribution in [0.4, 0.5) is 5.69 Å². The molecule has 0 atom stereocenters. The second kappa shape index (κ2) is 5.22. The first-order valence-electron chi connectivity index (χ1n) is 5.29. The zero-order chi connectivity index (χ0) is 13.0. The van der Waals surface area contributed by atoms with Gasteiger partial charge in [0.25, 0.3) is 5.91 Å². The van der Waals surface area contributed by atoms with Gasteiger partial charge < -0.3 is 10.1 Å². The average molecular weight is 244 g/mol. The number of amides is 1. The summed E-state index contributed by atoms with van der Waals surface area (Å²) < 4.78 is 5.04. The number of anilines is 1. The molecule has 0 spiro atoms. The Morgan fingerprint density at radius 3 is 2.78 bits per heavy atom. The van der Waals surface area contributed by atoms with Gasteiger partial charge >= 0.3 is 0 Å². The quantitative estimate of drug-likeness (QED) is 0.884. The van der Waals surface area contributed by atoms with Gasteiger partial charge in [0.15, 0.2) is 0 Å². The number of carbonyl (C=O) groups is 1. The minimum absolute atomic E-state index is 0.242. The van der Waals surface area contributed by atoms with Gasteiger partial charge in [-0.15, -0.1) is 0 Å². The lowest BCUT2D eigenvalue weighted by atomic mass is 10.3. The molecular weight excluding hydrogens is 232 g/mol. The molecule has 6 nitrogen and oxygen atoms in total. The summed E-state index contributed by atoms with van der Waals surface area (Å²) in [4.78, 5) is 23.9. The largest absolute Gasteiger partial charge is 0.480 e. The summed E-state index contributed by atoms with van der Waals surface area (Å²) in [6.45, 7) is 1.80. The van der Waals surface area contributed by atoms with Crippen LogP contribution in [0.25, 0.3) is 0 Å². The van der Waals surface area contributed by atoms with Crippen molar-refractivity contribution in [3.63, 3.8) is 0 Å². The molecule has 92 valence electrons. The maximum Gasteiger partial charge on any atom is 0.276 e. The van der Waals surface area contributed by atoms with Gasteiger partial charge in [-0.25, -0.2) is 9.97 Å². The minimum Gasteiger partial charge on any atom is -0.480 e. The van der Waals surface area contributed by atoms with Gasteiger partial charge in [0, 0.05) is 12.4 Å². The van der Waals surface area contributed by atoms with Crippen LogP contribution in [0.3, 0.4) is 0 Å². The molecule has 2 aromatic heterocycles. The Bertz CT molecular complexity index is 554. The Balaban J connectivity index is 2.18. The molecule has 6 heteroatoms. The first-order chi connectivity index (χ1) is 8.70. The van der Waals surface area contributed by atoms with Crippen molar-refractivity contribution in [2.75, 3.05) is 12.4 Å². The third-order valence-electron chi connectivity index (χ3n) is 2.23. The number of nitrogens with one attached hydrogen (secondary N) is 1. The fraction of sp³-hybridized carbons (Fsp3) is 0.167. The van der Waals surface area contributed by atoms with Crippen LogP contribution in [0.5, 0.6) is 5.88 Å². The van der Waals surface area contributed by atoms with Gasteiger partial charge in [-0.05, 0) is 19.1 Å². The Labute approximate surface area is 104 Å². The van der Waals surface area contributed by atoms with Crippen molar-refractivity contribution < 1.29 is 9.53 Å². The molecule has 2 aromatic rings. The predicted octanol–water partition coefficient (Wildman–Crippen LogP) is 1.44. The minimum atomic E-state index is -0.353. The third kappa shape index (κ3) is 2.60. The van der Waals surface area contributed by atoms with Crippen LogP contribution in [0.1, 0.15) is 16.2 Å². The second-order valence-corrected chi connectivity index (χ2v) is 3.56. The van der Waals surface area contributed by atoms with Gasteiger partial charge in [-0.2, -0.15) is 0 Å². The van der Waals surface area contributed by atoms with E-state index in [4.69, 9.17) is 4.74 Å². The summed E-state index contributed by atoms with van der Waals surface area (Å²) in [5, 5.41) is 2.67. The molecule has 2 heterocycles. The second-order valence-electron chi connectivity index (χ2n) is 3.56. The highest BCUT2D eigenvalue weighted by atomic mass is 16.5. The summed E-state index contributed by atoms with van der Waals surface area (Å²) in [6, 6.07) is 3.41. The number of hydrogen-bond donors (Lipinski definition) is 1. The summed E-state index contributed by atoms with van der Waals surface area (Å²) in [6.07, 6.45) is 4.54. The van der Waals surface area contributed by atoms with Crippen molar-refractivity contribution in [1.82, 2.24) is 15.0 Å². The summed E-state index contributed by atoms with van der Waals surface area (Å²) in [5.74, 6) is -0.000258. The first-order valence-corrected chi connectivity index (χ1v) is 5.29. The smallest absolute Gasteiger partial charge is 0.276 e. The lowest BCUT2D eigenvalue weighted by Crippen LogP contribution is -2.15. The van der Waals surface area contributed by atoms with E-state index in [9.17, 15) is 4.79 Å². The van der Waals surface area contributed by atoms with E-state index in [2.05, 4.69) is 20.3 Å². The van der Waals surface area contributed by atoms with Gasteiger partial charge in [0.1, 0.15) is 11.4 Å². The molecule has 0 aliphatic heterocycles. The van der Waals surface area contributed by atoms with E-state index in [1.54, 1.807) is 25.3 Å². The van der Waals surface area contributed by atoms with E-state index in [-0.39, 0.29) is 11.6 Å². The number of aryl methyl sites for hydroxylation is 1. The molecule has 0 fully saturated rings. The normalized spacial score (nSPS) is 9.89. The van der Waals surface area contributed by atoms with Crippen LogP contribution < -0.4 is 10.1 Å². The molecule has 0 aliphatic carbocycles.